The van der Waals surface area contributed by atoms with Crippen LogP contribution in [0.2, 0.25) is 0 Å². The van der Waals surface area contributed by atoms with Crippen LogP contribution in [0.5, 0.6) is 0 Å². The van der Waals surface area contributed by atoms with Crippen LogP contribution in [-0.2, 0) is 13.8 Å². The lowest BCUT2D eigenvalue weighted by Crippen LogP contribution is -2.26. The molecule has 0 saturated carbocycles. The summed E-state index contributed by atoms with van der Waals surface area (Å²) in [7, 11) is -4.76. The average molecular weight is 348 g/mol. The molecule has 126 valence electrons. The highest BCUT2D eigenvalue weighted by Gasteiger charge is 2.40. The maximum atomic E-state index is 11.6. The highest BCUT2D eigenvalue weighted by molar-refractivity contribution is 7.46. The summed E-state index contributed by atoms with van der Waals surface area (Å²) in [6.45, 7) is -0.523. The number of aromatic amines is 2. The van der Waals surface area contributed by atoms with Gasteiger partial charge in [0.2, 0.25) is 0 Å². The fourth-order valence-corrected chi connectivity index (χ4v) is 3.07. The molecule has 1 saturated heterocycles. The van der Waals surface area contributed by atoms with Crippen LogP contribution >= 0.6 is 7.82 Å². The van der Waals surface area contributed by atoms with Gasteiger partial charge in [0.1, 0.15) is 24.1 Å². The van der Waals surface area contributed by atoms with Gasteiger partial charge in [-0.15, -0.1) is 0 Å². The van der Waals surface area contributed by atoms with Crippen molar-refractivity contribution < 1.29 is 28.7 Å². The number of ether oxygens (including phenoxy) is 1. The Morgan fingerprint density at radius 3 is 2.83 bits per heavy atom. The van der Waals surface area contributed by atoms with Gasteiger partial charge in [-0.25, -0.2) is 14.3 Å². The third-order valence-corrected chi connectivity index (χ3v) is 3.96. The number of imidazole rings is 1. The number of aromatic nitrogens is 4. The molecule has 0 unspecified atom stereocenters. The van der Waals surface area contributed by atoms with Crippen LogP contribution in [0.15, 0.2) is 15.9 Å². The maximum Gasteiger partial charge on any atom is 0.469 e. The van der Waals surface area contributed by atoms with Gasteiger partial charge in [-0.3, -0.25) is 23.9 Å². The van der Waals surface area contributed by atoms with Gasteiger partial charge in [0.15, 0.2) is 5.52 Å². The summed E-state index contributed by atoms with van der Waals surface area (Å²) in [5.41, 5.74) is -1.34. The molecule has 1 aliphatic rings. The Balaban J connectivity index is 1.96. The molecule has 0 spiro atoms. The summed E-state index contributed by atoms with van der Waals surface area (Å²) >= 11 is 0. The molecule has 1 fully saturated rings. The summed E-state index contributed by atoms with van der Waals surface area (Å²) in [4.78, 5) is 49.1. The molecule has 0 bridgehead atoms. The largest absolute Gasteiger partial charge is 0.469 e. The van der Waals surface area contributed by atoms with Crippen LogP contribution in [0, 0.1) is 0 Å². The molecule has 3 rings (SSSR count). The molecule has 3 atom stereocenters. The molecule has 3 heterocycles. The average Bonchev–Trinajstić information content (AvgIpc) is 3.00. The number of aliphatic hydroxyl groups is 1. The summed E-state index contributed by atoms with van der Waals surface area (Å²) in [6, 6.07) is 0. The van der Waals surface area contributed by atoms with Crippen LogP contribution < -0.4 is 11.2 Å². The van der Waals surface area contributed by atoms with E-state index < -0.39 is 44.1 Å². The van der Waals surface area contributed by atoms with Crippen LogP contribution in [0.25, 0.3) is 11.2 Å². The topological polar surface area (TPSA) is 180 Å². The Hall–Kier alpha value is -1.82. The lowest BCUT2D eigenvalue weighted by Gasteiger charge is -2.16. The van der Waals surface area contributed by atoms with Crippen molar-refractivity contribution in [3.8, 4) is 0 Å². The zero-order chi connectivity index (χ0) is 16.8. The monoisotopic (exact) mass is 348 g/mol. The first-order valence-corrected chi connectivity index (χ1v) is 8.01. The van der Waals surface area contributed by atoms with Crippen LogP contribution in [0.4, 0.5) is 0 Å². The second-order valence-corrected chi connectivity index (χ2v) is 6.13. The fraction of sp³-hybridized carbons (Fsp3) is 0.500. The lowest BCUT2D eigenvalue weighted by atomic mass is 10.2. The highest BCUT2D eigenvalue weighted by atomic mass is 31.2. The molecule has 2 aromatic rings. The van der Waals surface area contributed by atoms with E-state index in [-0.39, 0.29) is 17.6 Å². The summed E-state index contributed by atoms with van der Waals surface area (Å²) in [5, 5.41) is 9.25. The molecule has 0 radical (unpaired) electrons. The van der Waals surface area contributed by atoms with Crippen molar-refractivity contribution >= 4 is 19.0 Å². The van der Waals surface area contributed by atoms with Gasteiger partial charge in [-0.05, 0) is 0 Å². The molecular weight excluding hydrogens is 335 g/mol. The molecule has 0 aliphatic carbocycles. The van der Waals surface area contributed by atoms with Crippen molar-refractivity contribution in [3.05, 3.63) is 27.2 Å². The standard InChI is InChI=1S/C10H13N4O8P/c15-2-5-4(22-23(18,19)20)1-6(21-5)14-3-11-7-8(14)12-10(17)13-9(7)16/h3-6,15H,1-2H2,(H2,18,19,20)(H2,12,13,16,17)/t4-,5+,6+/m0/s1. The van der Waals surface area contributed by atoms with Crippen molar-refractivity contribution in [1.82, 2.24) is 19.5 Å². The number of hydrogen-bond acceptors (Lipinski definition) is 7. The molecule has 0 aromatic carbocycles. The molecule has 12 nitrogen and oxygen atoms in total. The number of phosphoric ester groups is 1. The first-order chi connectivity index (χ1) is 10.8. The van der Waals surface area contributed by atoms with Crippen LogP contribution in [0.3, 0.4) is 0 Å². The van der Waals surface area contributed by atoms with Gasteiger partial charge < -0.3 is 19.6 Å². The number of phosphoric acid groups is 1. The van der Waals surface area contributed by atoms with E-state index in [4.69, 9.17) is 14.5 Å². The molecule has 5 N–H and O–H groups in total. The molecule has 2 aromatic heterocycles. The molecular formula is C10H13N4O8P. The number of H-pyrrole nitrogens is 2. The zero-order valence-electron chi connectivity index (χ0n) is 11.4. The van der Waals surface area contributed by atoms with Gasteiger partial charge in [0.25, 0.3) is 5.56 Å². The first kappa shape index (κ1) is 16.1. The Morgan fingerprint density at radius 1 is 1.43 bits per heavy atom. The highest BCUT2D eigenvalue weighted by Crippen LogP contribution is 2.43. The normalized spacial score (nSPS) is 25.3. The summed E-state index contributed by atoms with van der Waals surface area (Å²) in [6.07, 6.45) is -1.63. The minimum Gasteiger partial charge on any atom is -0.394 e. The Bertz CT molecular complexity index is 881. The molecule has 1 aliphatic heterocycles. The lowest BCUT2D eigenvalue weighted by molar-refractivity contribution is -0.0425. The van der Waals surface area contributed by atoms with Crippen molar-refractivity contribution in [2.75, 3.05) is 6.61 Å². The number of nitrogens with zero attached hydrogens (tertiary/aromatic N) is 2. The second-order valence-electron chi connectivity index (χ2n) is 4.94. The van der Waals surface area contributed by atoms with Crippen molar-refractivity contribution in [1.29, 1.82) is 0 Å². The van der Waals surface area contributed by atoms with Gasteiger partial charge in [0.05, 0.1) is 12.9 Å². The first-order valence-electron chi connectivity index (χ1n) is 6.48. The van der Waals surface area contributed by atoms with Gasteiger partial charge in [-0.2, -0.15) is 0 Å². The summed E-state index contributed by atoms with van der Waals surface area (Å²) in [5.74, 6) is 0. The van der Waals surface area contributed by atoms with Crippen molar-refractivity contribution in [2.45, 2.75) is 24.9 Å². The smallest absolute Gasteiger partial charge is 0.394 e. The van der Waals surface area contributed by atoms with Gasteiger partial charge in [-0.1, -0.05) is 0 Å². The minimum absolute atomic E-state index is 0.0172. The van der Waals surface area contributed by atoms with E-state index >= 15 is 0 Å². The zero-order valence-corrected chi connectivity index (χ0v) is 12.3. The minimum atomic E-state index is -4.76. The molecule has 23 heavy (non-hydrogen) atoms. The van der Waals surface area contributed by atoms with E-state index in [0.717, 1.165) is 0 Å². The maximum absolute atomic E-state index is 11.6. The van der Waals surface area contributed by atoms with E-state index in [1.807, 2.05) is 4.98 Å². The Kier molecular flexibility index (Phi) is 3.96. The van der Waals surface area contributed by atoms with E-state index in [0.29, 0.717) is 0 Å². The van der Waals surface area contributed by atoms with Crippen LogP contribution in [0.1, 0.15) is 12.6 Å². The third-order valence-electron chi connectivity index (χ3n) is 3.41. The number of aliphatic hydroxyl groups excluding tert-OH is 1. The number of fused-ring (bicyclic) bond motifs is 1. The predicted molar refractivity (Wildman–Crippen MR) is 73.5 cm³/mol. The predicted octanol–water partition coefficient (Wildman–Crippen LogP) is -1.83. The number of hydrogen-bond donors (Lipinski definition) is 5. The van der Waals surface area contributed by atoms with Crippen molar-refractivity contribution in [3.63, 3.8) is 0 Å². The molecule has 13 heteroatoms. The Labute approximate surface area is 126 Å². The number of nitrogens with one attached hydrogen (secondary N) is 2. The SMILES string of the molecule is O=c1[nH]c(=O)c2ncn([C@H]3C[C@H](OP(=O)(O)O)[C@@H](CO)O3)c2[nH]1. The van der Waals surface area contributed by atoms with Crippen LogP contribution in [-0.4, -0.2) is 53.2 Å². The van der Waals surface area contributed by atoms with Gasteiger partial charge in [0, 0.05) is 6.42 Å². The van der Waals surface area contributed by atoms with E-state index in [9.17, 15) is 19.3 Å². The third kappa shape index (κ3) is 3.13. The fourth-order valence-electron chi connectivity index (χ4n) is 2.49. The Morgan fingerprint density at radius 2 is 2.17 bits per heavy atom. The second kappa shape index (κ2) is 5.67. The molecule has 0 amide bonds. The quantitative estimate of drug-likeness (QED) is 0.397. The van der Waals surface area contributed by atoms with Gasteiger partial charge >= 0.3 is 13.5 Å². The van der Waals surface area contributed by atoms with E-state index in [2.05, 4.69) is 14.5 Å². The van der Waals surface area contributed by atoms with Crippen molar-refractivity contribution in [2.24, 2.45) is 0 Å². The number of rotatable bonds is 4. The van der Waals surface area contributed by atoms with E-state index in [1.165, 1.54) is 10.9 Å². The van der Waals surface area contributed by atoms with E-state index in [1.54, 1.807) is 0 Å². The summed E-state index contributed by atoms with van der Waals surface area (Å²) < 4.78 is 22.4.